The van der Waals surface area contributed by atoms with Crippen molar-refractivity contribution in [2.45, 2.75) is 56.0 Å². The van der Waals surface area contributed by atoms with Crippen LogP contribution in [0.15, 0.2) is 11.1 Å². The van der Waals surface area contributed by atoms with E-state index in [1.54, 1.807) is 11.2 Å². The lowest BCUT2D eigenvalue weighted by Crippen LogP contribution is -2.46. The van der Waals surface area contributed by atoms with Crippen molar-refractivity contribution >= 4 is 16.0 Å². The maximum atomic E-state index is 12.8. The smallest absolute Gasteiger partial charge is 0.303 e. The summed E-state index contributed by atoms with van der Waals surface area (Å²) in [6.07, 6.45) is 4.39. The number of carbonyl (C=O) groups is 1. The van der Waals surface area contributed by atoms with Gasteiger partial charge in [0.25, 0.3) is 0 Å². The molecule has 2 aliphatic rings. The number of carboxylic acid groups (broad SMARTS) is 1. The summed E-state index contributed by atoms with van der Waals surface area (Å²) in [7, 11) is -3.54. The van der Waals surface area contributed by atoms with Crippen molar-refractivity contribution in [1.29, 1.82) is 0 Å². The molecule has 21 heavy (non-hydrogen) atoms. The first-order chi connectivity index (χ1) is 9.89. The summed E-state index contributed by atoms with van der Waals surface area (Å²) >= 11 is 0. The van der Waals surface area contributed by atoms with Gasteiger partial charge in [0.05, 0.1) is 11.9 Å². The standard InChI is InChI=1S/C13H19N3O4S/c1-8-12(7-14-15-8)21(19,20)16-10-2-3-11(16)5-9(4-10)6-13(17)18/h7,9-11H,2-6H2,1H3,(H,14,15)(H,17,18). The lowest BCUT2D eigenvalue weighted by Gasteiger charge is -2.37. The summed E-state index contributed by atoms with van der Waals surface area (Å²) in [4.78, 5) is 11.1. The molecule has 2 bridgehead atoms. The van der Waals surface area contributed by atoms with Gasteiger partial charge in [0.2, 0.25) is 10.0 Å². The highest BCUT2D eigenvalue weighted by Crippen LogP contribution is 2.43. The van der Waals surface area contributed by atoms with Crippen LogP contribution in [0, 0.1) is 12.8 Å². The summed E-state index contributed by atoms with van der Waals surface area (Å²) < 4.78 is 27.2. The highest BCUT2D eigenvalue weighted by Gasteiger charge is 2.47. The molecule has 1 aromatic rings. The first-order valence-corrected chi connectivity index (χ1v) is 8.59. The number of nitrogens with one attached hydrogen (secondary N) is 1. The van der Waals surface area contributed by atoms with Crippen molar-refractivity contribution < 1.29 is 18.3 Å². The fourth-order valence-electron chi connectivity index (χ4n) is 3.77. The van der Waals surface area contributed by atoms with Crippen LogP contribution in [0.2, 0.25) is 0 Å². The molecular weight excluding hydrogens is 294 g/mol. The number of aromatic nitrogens is 2. The van der Waals surface area contributed by atoms with Crippen LogP contribution in [0.4, 0.5) is 0 Å². The van der Waals surface area contributed by atoms with Crippen LogP contribution in [0.3, 0.4) is 0 Å². The van der Waals surface area contributed by atoms with Crippen molar-refractivity contribution in [3.8, 4) is 0 Å². The van der Waals surface area contributed by atoms with E-state index in [9.17, 15) is 13.2 Å². The van der Waals surface area contributed by atoms with E-state index in [-0.39, 0.29) is 29.3 Å². The van der Waals surface area contributed by atoms with Crippen LogP contribution in [0.25, 0.3) is 0 Å². The molecule has 8 heteroatoms. The summed E-state index contributed by atoms with van der Waals surface area (Å²) in [5.41, 5.74) is 0.544. The van der Waals surface area contributed by atoms with E-state index >= 15 is 0 Å². The Hall–Kier alpha value is -1.41. The summed E-state index contributed by atoms with van der Waals surface area (Å²) in [5.74, 6) is -0.724. The number of sulfonamides is 1. The van der Waals surface area contributed by atoms with Gasteiger partial charge in [-0.2, -0.15) is 9.40 Å². The fourth-order valence-corrected chi connectivity index (χ4v) is 5.78. The lowest BCUT2D eigenvalue weighted by atomic mass is 9.90. The minimum atomic E-state index is -3.54. The highest BCUT2D eigenvalue weighted by atomic mass is 32.2. The third kappa shape index (κ3) is 2.46. The number of hydrogen-bond donors (Lipinski definition) is 2. The summed E-state index contributed by atoms with van der Waals surface area (Å²) in [6.45, 7) is 1.69. The minimum Gasteiger partial charge on any atom is -0.481 e. The third-order valence-corrected chi connectivity index (χ3v) is 6.68. The third-order valence-electron chi connectivity index (χ3n) is 4.57. The normalized spacial score (nSPS) is 29.7. The maximum Gasteiger partial charge on any atom is 0.303 e. The van der Waals surface area contributed by atoms with E-state index in [2.05, 4.69) is 10.2 Å². The molecule has 0 aliphatic carbocycles. The highest BCUT2D eigenvalue weighted by molar-refractivity contribution is 7.89. The van der Waals surface area contributed by atoms with E-state index in [1.807, 2.05) is 0 Å². The van der Waals surface area contributed by atoms with Gasteiger partial charge in [0.15, 0.2) is 0 Å². The summed E-state index contributed by atoms with van der Waals surface area (Å²) in [5, 5.41) is 15.4. The lowest BCUT2D eigenvalue weighted by molar-refractivity contribution is -0.138. The van der Waals surface area contributed by atoms with Crippen LogP contribution in [-0.4, -0.2) is 46.1 Å². The second-order valence-electron chi connectivity index (χ2n) is 6.01. The molecule has 2 aliphatic heterocycles. The number of hydrogen-bond acceptors (Lipinski definition) is 4. The number of rotatable bonds is 4. The molecule has 2 unspecified atom stereocenters. The van der Waals surface area contributed by atoms with E-state index in [4.69, 9.17) is 5.11 Å². The van der Waals surface area contributed by atoms with Gasteiger partial charge in [0.1, 0.15) is 4.90 Å². The molecule has 0 spiro atoms. The van der Waals surface area contributed by atoms with Gasteiger partial charge in [-0.05, 0) is 38.5 Å². The van der Waals surface area contributed by atoms with Gasteiger partial charge in [-0.25, -0.2) is 8.42 Å². The zero-order chi connectivity index (χ0) is 15.2. The van der Waals surface area contributed by atoms with Gasteiger partial charge >= 0.3 is 5.97 Å². The van der Waals surface area contributed by atoms with Gasteiger partial charge in [-0.1, -0.05) is 0 Å². The number of aliphatic carboxylic acids is 1. The molecule has 2 atom stereocenters. The van der Waals surface area contributed by atoms with Crippen LogP contribution in [0.1, 0.15) is 37.8 Å². The average Bonchev–Trinajstić information content (AvgIpc) is 2.92. The SMILES string of the molecule is Cc1[nH]ncc1S(=O)(=O)N1C2CCC1CC(CC(=O)O)C2. The van der Waals surface area contributed by atoms with E-state index in [1.165, 1.54) is 6.20 Å². The predicted molar refractivity (Wildman–Crippen MR) is 74.1 cm³/mol. The monoisotopic (exact) mass is 313 g/mol. The largest absolute Gasteiger partial charge is 0.481 e. The molecule has 2 saturated heterocycles. The molecule has 116 valence electrons. The molecule has 3 heterocycles. The maximum absolute atomic E-state index is 12.8. The van der Waals surface area contributed by atoms with E-state index in [0.717, 1.165) is 12.8 Å². The van der Waals surface area contributed by atoms with Crippen LogP contribution < -0.4 is 0 Å². The number of aryl methyl sites for hydroxylation is 1. The topological polar surface area (TPSA) is 103 Å². The Morgan fingerprint density at radius 3 is 2.52 bits per heavy atom. The number of fused-ring (bicyclic) bond motifs is 2. The molecule has 0 aromatic carbocycles. The Morgan fingerprint density at radius 2 is 2.05 bits per heavy atom. The molecular formula is C13H19N3O4S. The van der Waals surface area contributed by atoms with Crippen molar-refractivity contribution in [3.63, 3.8) is 0 Å². The van der Waals surface area contributed by atoms with Gasteiger partial charge in [0, 0.05) is 18.5 Å². The first kappa shape index (κ1) is 14.5. The van der Waals surface area contributed by atoms with Crippen LogP contribution in [0.5, 0.6) is 0 Å². The Bertz CT molecular complexity index is 640. The molecule has 0 radical (unpaired) electrons. The predicted octanol–water partition coefficient (Wildman–Crippen LogP) is 1.12. The first-order valence-electron chi connectivity index (χ1n) is 7.15. The number of nitrogens with zero attached hydrogens (tertiary/aromatic N) is 2. The van der Waals surface area contributed by atoms with Crippen LogP contribution in [-0.2, 0) is 14.8 Å². The molecule has 2 N–H and O–H groups in total. The Morgan fingerprint density at radius 1 is 1.43 bits per heavy atom. The number of piperidine rings is 1. The van der Waals surface area contributed by atoms with Crippen molar-refractivity contribution in [2.24, 2.45) is 5.92 Å². The number of aromatic amines is 1. The number of H-pyrrole nitrogens is 1. The summed E-state index contributed by atoms with van der Waals surface area (Å²) in [6, 6.07) is -0.153. The fraction of sp³-hybridized carbons (Fsp3) is 0.692. The minimum absolute atomic E-state index is 0.0765. The van der Waals surface area contributed by atoms with Gasteiger partial charge in [-0.15, -0.1) is 0 Å². The Balaban J connectivity index is 1.86. The Kier molecular flexibility index (Phi) is 3.53. The quantitative estimate of drug-likeness (QED) is 0.867. The van der Waals surface area contributed by atoms with Crippen molar-refractivity contribution in [3.05, 3.63) is 11.9 Å². The van der Waals surface area contributed by atoms with Crippen LogP contribution >= 0.6 is 0 Å². The van der Waals surface area contributed by atoms with E-state index < -0.39 is 16.0 Å². The van der Waals surface area contributed by atoms with Crippen molar-refractivity contribution in [1.82, 2.24) is 14.5 Å². The number of carboxylic acids is 1. The molecule has 1 aromatic heterocycles. The molecule has 0 saturated carbocycles. The van der Waals surface area contributed by atoms with Gasteiger partial charge in [-0.3, -0.25) is 9.89 Å². The zero-order valence-corrected chi connectivity index (χ0v) is 12.6. The van der Waals surface area contributed by atoms with Gasteiger partial charge < -0.3 is 5.11 Å². The molecule has 7 nitrogen and oxygen atoms in total. The average molecular weight is 313 g/mol. The molecule has 2 fully saturated rings. The Labute approximate surface area is 123 Å². The molecule has 3 rings (SSSR count). The second-order valence-corrected chi connectivity index (χ2v) is 7.83. The van der Waals surface area contributed by atoms with Crippen molar-refractivity contribution in [2.75, 3.05) is 0 Å². The molecule has 0 amide bonds. The van der Waals surface area contributed by atoms with E-state index in [0.29, 0.717) is 18.5 Å². The zero-order valence-electron chi connectivity index (χ0n) is 11.8. The second kappa shape index (κ2) is 5.10.